The van der Waals surface area contributed by atoms with Crippen LogP contribution in [0.1, 0.15) is 49.9 Å². The highest BCUT2D eigenvalue weighted by Crippen LogP contribution is 2.42. The van der Waals surface area contributed by atoms with E-state index in [-0.39, 0.29) is 31.1 Å². The highest BCUT2D eigenvalue weighted by Gasteiger charge is 2.46. The predicted octanol–water partition coefficient (Wildman–Crippen LogP) is 1.86. The van der Waals surface area contributed by atoms with Gasteiger partial charge in [0.2, 0.25) is 5.91 Å². The maximum Gasteiger partial charge on any atom is 0.335 e. The van der Waals surface area contributed by atoms with E-state index < -0.39 is 11.5 Å². The molecule has 1 aromatic rings. The van der Waals surface area contributed by atoms with Crippen LogP contribution in [0.3, 0.4) is 0 Å². The zero-order valence-corrected chi connectivity index (χ0v) is 15.4. The summed E-state index contributed by atoms with van der Waals surface area (Å²) in [6, 6.07) is 4.71. The van der Waals surface area contributed by atoms with Crippen LogP contribution >= 0.6 is 0 Å². The van der Waals surface area contributed by atoms with Gasteiger partial charge in [-0.15, -0.1) is 0 Å². The number of anilines is 2. The number of carbonyl (C=O) groups excluding carboxylic acids is 1. The number of hydrogen-bond acceptors (Lipinski definition) is 5. The Morgan fingerprint density at radius 1 is 1.31 bits per heavy atom. The second kappa shape index (κ2) is 8.51. The van der Waals surface area contributed by atoms with Gasteiger partial charge >= 0.3 is 5.97 Å². The minimum atomic E-state index is -1.03. The van der Waals surface area contributed by atoms with Crippen LogP contribution in [0.2, 0.25) is 0 Å². The van der Waals surface area contributed by atoms with E-state index in [0.717, 1.165) is 13.0 Å². The highest BCUT2D eigenvalue weighted by molar-refractivity contribution is 6.02. The van der Waals surface area contributed by atoms with Gasteiger partial charge in [0.05, 0.1) is 29.1 Å². The van der Waals surface area contributed by atoms with Crippen molar-refractivity contribution in [2.75, 3.05) is 36.1 Å². The summed E-state index contributed by atoms with van der Waals surface area (Å²) in [6.45, 7) is 5.01. The van der Waals surface area contributed by atoms with Crippen molar-refractivity contribution in [3.8, 4) is 0 Å². The number of aliphatic hydroxyl groups is 2. The minimum Gasteiger partial charge on any atom is -0.478 e. The van der Waals surface area contributed by atoms with Gasteiger partial charge in [0.15, 0.2) is 0 Å². The fourth-order valence-electron chi connectivity index (χ4n) is 3.71. The largest absolute Gasteiger partial charge is 0.478 e. The molecule has 1 heterocycles. The van der Waals surface area contributed by atoms with Crippen LogP contribution in [0.15, 0.2) is 18.2 Å². The van der Waals surface area contributed by atoms with Gasteiger partial charge in [-0.3, -0.25) is 4.79 Å². The Bertz CT molecular complexity index is 663. The highest BCUT2D eigenvalue weighted by atomic mass is 16.4. The third kappa shape index (κ3) is 3.68. The molecule has 1 aromatic carbocycles. The van der Waals surface area contributed by atoms with Crippen molar-refractivity contribution in [2.45, 2.75) is 45.1 Å². The number of carbonyl (C=O) groups is 2. The van der Waals surface area contributed by atoms with Crippen molar-refractivity contribution in [3.05, 3.63) is 23.8 Å². The number of hydrogen-bond donors (Lipinski definition) is 3. The standard InChI is InChI=1S/C19H28N2O5/c1-3-10-20(4-2)16-12-14(18(25)26)5-6-15(16)21-17(24)7-8-19(21,13-23)9-11-22/h5-6,12,22-23H,3-4,7-11,13H2,1-2H3,(H,25,26). The Hall–Kier alpha value is -2.12. The molecule has 1 amide bonds. The minimum absolute atomic E-state index is 0.121. The molecule has 1 saturated heterocycles. The Morgan fingerprint density at radius 3 is 2.58 bits per heavy atom. The quantitative estimate of drug-likeness (QED) is 0.618. The summed E-state index contributed by atoms with van der Waals surface area (Å²) >= 11 is 0. The summed E-state index contributed by atoms with van der Waals surface area (Å²) in [5, 5.41) is 28.8. The first-order valence-electron chi connectivity index (χ1n) is 9.11. The first kappa shape index (κ1) is 20.2. The number of nitrogens with zero attached hydrogens (tertiary/aromatic N) is 2. The number of amides is 1. The van der Waals surface area contributed by atoms with Gasteiger partial charge in [0, 0.05) is 26.1 Å². The van der Waals surface area contributed by atoms with Crippen LogP contribution in [0.25, 0.3) is 0 Å². The van der Waals surface area contributed by atoms with Crippen molar-refractivity contribution in [1.82, 2.24) is 0 Å². The van der Waals surface area contributed by atoms with Crippen LogP contribution in [0, 0.1) is 0 Å². The normalized spacial score (nSPS) is 19.8. The Labute approximate surface area is 153 Å². The summed E-state index contributed by atoms with van der Waals surface area (Å²) in [5.74, 6) is -1.15. The van der Waals surface area contributed by atoms with E-state index in [0.29, 0.717) is 30.8 Å². The van der Waals surface area contributed by atoms with Crippen LogP contribution < -0.4 is 9.80 Å². The zero-order valence-electron chi connectivity index (χ0n) is 15.4. The number of carboxylic acids is 1. The van der Waals surface area contributed by atoms with Crippen molar-refractivity contribution in [3.63, 3.8) is 0 Å². The molecule has 0 saturated carbocycles. The molecule has 0 aliphatic carbocycles. The Kier molecular flexibility index (Phi) is 6.61. The summed E-state index contributed by atoms with van der Waals surface area (Å²) in [6.07, 6.45) is 1.90. The van der Waals surface area contributed by atoms with Gasteiger partial charge in [0.1, 0.15) is 0 Å². The fraction of sp³-hybridized carbons (Fsp3) is 0.579. The predicted molar refractivity (Wildman–Crippen MR) is 99.8 cm³/mol. The molecule has 144 valence electrons. The van der Waals surface area contributed by atoms with E-state index in [1.165, 1.54) is 6.07 Å². The first-order valence-corrected chi connectivity index (χ1v) is 9.11. The van der Waals surface area contributed by atoms with Crippen molar-refractivity contribution >= 4 is 23.3 Å². The van der Waals surface area contributed by atoms with Crippen LogP contribution in [0.5, 0.6) is 0 Å². The topological polar surface area (TPSA) is 101 Å². The molecule has 0 aromatic heterocycles. The Balaban J connectivity index is 2.62. The smallest absolute Gasteiger partial charge is 0.335 e. The van der Waals surface area contributed by atoms with Crippen molar-refractivity contribution in [1.29, 1.82) is 0 Å². The van der Waals surface area contributed by atoms with Gasteiger partial charge in [-0.1, -0.05) is 6.92 Å². The lowest BCUT2D eigenvalue weighted by molar-refractivity contribution is -0.117. The maximum absolute atomic E-state index is 12.7. The Morgan fingerprint density at radius 2 is 2.04 bits per heavy atom. The summed E-state index contributed by atoms with van der Waals surface area (Å²) in [5.41, 5.74) is 0.564. The summed E-state index contributed by atoms with van der Waals surface area (Å²) in [4.78, 5) is 27.7. The number of aromatic carboxylic acids is 1. The molecule has 1 fully saturated rings. The molecule has 0 bridgehead atoms. The first-order chi connectivity index (χ1) is 12.4. The number of carboxylic acid groups (broad SMARTS) is 1. The lowest BCUT2D eigenvalue weighted by Crippen LogP contribution is -2.50. The lowest BCUT2D eigenvalue weighted by Gasteiger charge is -2.39. The second-order valence-corrected chi connectivity index (χ2v) is 6.67. The van der Waals surface area contributed by atoms with E-state index in [2.05, 4.69) is 0 Å². The SMILES string of the molecule is CCCN(CC)c1cc(C(=O)O)ccc1N1C(=O)CCC1(CO)CCO. The van der Waals surface area contributed by atoms with Gasteiger partial charge in [-0.05, 0) is 44.4 Å². The third-order valence-corrected chi connectivity index (χ3v) is 5.08. The molecular weight excluding hydrogens is 336 g/mol. The molecule has 1 atom stereocenters. The summed E-state index contributed by atoms with van der Waals surface area (Å²) < 4.78 is 0. The van der Waals surface area contributed by atoms with Gasteiger partial charge in [0.25, 0.3) is 0 Å². The molecule has 7 heteroatoms. The molecule has 1 aliphatic heterocycles. The molecule has 2 rings (SSSR count). The van der Waals surface area contributed by atoms with Crippen molar-refractivity contribution in [2.24, 2.45) is 0 Å². The van der Waals surface area contributed by atoms with E-state index >= 15 is 0 Å². The van der Waals surface area contributed by atoms with E-state index in [1.807, 2.05) is 18.7 Å². The van der Waals surface area contributed by atoms with E-state index in [1.54, 1.807) is 17.0 Å². The van der Waals surface area contributed by atoms with Crippen LogP contribution in [-0.4, -0.2) is 59.0 Å². The van der Waals surface area contributed by atoms with Crippen LogP contribution in [-0.2, 0) is 4.79 Å². The third-order valence-electron chi connectivity index (χ3n) is 5.08. The molecule has 1 unspecified atom stereocenters. The van der Waals surface area contributed by atoms with E-state index in [4.69, 9.17) is 0 Å². The molecule has 3 N–H and O–H groups in total. The number of rotatable bonds is 9. The molecule has 26 heavy (non-hydrogen) atoms. The van der Waals surface area contributed by atoms with Crippen LogP contribution in [0.4, 0.5) is 11.4 Å². The maximum atomic E-state index is 12.7. The molecule has 0 spiro atoms. The summed E-state index contributed by atoms with van der Waals surface area (Å²) in [7, 11) is 0. The lowest BCUT2D eigenvalue weighted by atomic mass is 9.92. The molecule has 0 radical (unpaired) electrons. The molecular formula is C19H28N2O5. The van der Waals surface area contributed by atoms with Crippen molar-refractivity contribution < 1.29 is 24.9 Å². The average Bonchev–Trinajstić information content (AvgIpc) is 2.96. The zero-order chi connectivity index (χ0) is 19.3. The monoisotopic (exact) mass is 364 g/mol. The van der Waals surface area contributed by atoms with Gasteiger partial charge < -0.3 is 25.1 Å². The fourth-order valence-corrected chi connectivity index (χ4v) is 3.71. The van der Waals surface area contributed by atoms with Gasteiger partial charge in [-0.25, -0.2) is 4.79 Å². The van der Waals surface area contributed by atoms with E-state index in [9.17, 15) is 24.9 Å². The molecule has 7 nitrogen and oxygen atoms in total. The average molecular weight is 364 g/mol. The number of aliphatic hydroxyl groups excluding tert-OH is 2. The second-order valence-electron chi connectivity index (χ2n) is 6.67. The van der Waals surface area contributed by atoms with Gasteiger partial charge in [-0.2, -0.15) is 0 Å². The molecule has 1 aliphatic rings. The number of benzene rings is 1.